The van der Waals surface area contributed by atoms with Crippen LogP contribution in [0.5, 0.6) is 0 Å². The number of hydrogen-bond acceptors (Lipinski definition) is 0. The van der Waals surface area contributed by atoms with Gasteiger partial charge in [0.15, 0.2) is 0 Å². The molecule has 31 heavy (non-hydrogen) atoms. The molecule has 4 heteroatoms. The summed E-state index contributed by atoms with van der Waals surface area (Å²) < 4.78 is 3.17. The summed E-state index contributed by atoms with van der Waals surface area (Å²) in [5.74, 6) is 0. The molecule has 0 heterocycles. The zero-order valence-electron chi connectivity index (χ0n) is 16.7. The van der Waals surface area contributed by atoms with E-state index in [0.29, 0.717) is 0 Å². The summed E-state index contributed by atoms with van der Waals surface area (Å²) in [6.45, 7) is 0. The van der Waals surface area contributed by atoms with Gasteiger partial charge in [0.25, 0.3) is 0 Å². The zero-order chi connectivity index (χ0) is 18.5. The quantitative estimate of drug-likeness (QED) is 0.131. The number of hydrogen-bond donors (Lipinski definition) is 0. The van der Waals surface area contributed by atoms with E-state index in [2.05, 4.69) is 97.1 Å². The second kappa shape index (κ2) is 9.78. The van der Waals surface area contributed by atoms with E-state index in [9.17, 15) is 0 Å². The first-order valence-corrected chi connectivity index (χ1v) is 11.3. The van der Waals surface area contributed by atoms with Crippen LogP contribution >= 0.6 is 37.2 Å². The normalized spacial score (nSPS) is 12.3. The summed E-state index contributed by atoms with van der Waals surface area (Å²) in [4.78, 5) is 0. The van der Waals surface area contributed by atoms with E-state index in [0.717, 1.165) is 6.42 Å². The van der Waals surface area contributed by atoms with Gasteiger partial charge in [0.2, 0.25) is 0 Å². The van der Waals surface area contributed by atoms with Gasteiger partial charge in [-0.25, -0.2) is 0 Å². The number of allylic oxidation sites excluding steroid dienone is 4. The van der Waals surface area contributed by atoms with Crippen molar-refractivity contribution in [1.29, 1.82) is 0 Å². The fourth-order valence-electron chi connectivity index (χ4n) is 4.34. The van der Waals surface area contributed by atoms with Crippen LogP contribution in [0.4, 0.5) is 0 Å². The van der Waals surface area contributed by atoms with Crippen LogP contribution in [0.15, 0.2) is 101 Å². The van der Waals surface area contributed by atoms with Crippen LogP contribution in [0, 0.1) is 0 Å². The Balaban J connectivity index is 0.000000907. The van der Waals surface area contributed by atoms with Gasteiger partial charge in [-0.05, 0) is 0 Å². The van der Waals surface area contributed by atoms with E-state index >= 15 is 0 Å². The smallest absolute Gasteiger partial charge is 0.147 e. The summed E-state index contributed by atoms with van der Waals surface area (Å²) in [6.07, 6.45) is 7.94. The van der Waals surface area contributed by atoms with Crippen LogP contribution in [0.3, 0.4) is 0 Å². The minimum Gasteiger partial charge on any atom is -0.147 e. The molecule has 0 saturated heterocycles. The van der Waals surface area contributed by atoms with Crippen molar-refractivity contribution in [2.24, 2.45) is 0 Å². The molecule has 1 aliphatic rings. The third-order valence-corrected chi connectivity index (χ3v) is 7.95. The van der Waals surface area contributed by atoms with Crippen molar-refractivity contribution < 1.29 is 19.2 Å². The van der Waals surface area contributed by atoms with Crippen LogP contribution in [-0.2, 0) is 19.2 Å². The molecular formula is C27H21Cl3Ti. The first kappa shape index (κ1) is 23.9. The average Bonchev–Trinajstić information content (AvgIpc) is 3.24. The molecule has 0 radical (unpaired) electrons. The Kier molecular flexibility index (Phi) is 7.53. The van der Waals surface area contributed by atoms with E-state index in [1.54, 1.807) is 7.75 Å². The van der Waals surface area contributed by atoms with E-state index in [1.807, 2.05) is 0 Å². The first-order valence-electron chi connectivity index (χ1n) is 9.76. The molecule has 0 amide bonds. The third-order valence-electron chi connectivity index (χ3n) is 5.77. The standard InChI is InChI=1S/C22H13.C5H5.3ClH.Ti/c1-3-7-17-13-21-19(11-15(17)5-1)9-10-20-12-16-6-2-4-8-18(16)14-22(20)21;1-2-4-5-3-1;;;;/h1-7,9-14H;1-3H,4H2;3*1H;. The monoisotopic (exact) mass is 498 g/mol. The van der Waals surface area contributed by atoms with E-state index in [1.165, 1.54) is 43.1 Å². The molecule has 0 nitrogen and oxygen atoms in total. The molecule has 5 aromatic carbocycles. The van der Waals surface area contributed by atoms with E-state index < -0.39 is 0 Å². The molecule has 154 valence electrons. The van der Waals surface area contributed by atoms with E-state index in [-0.39, 0.29) is 56.4 Å². The van der Waals surface area contributed by atoms with Crippen molar-refractivity contribution in [2.75, 3.05) is 0 Å². The molecule has 0 saturated carbocycles. The summed E-state index contributed by atoms with van der Waals surface area (Å²) >= 11 is -0.265. The fraction of sp³-hybridized carbons (Fsp3) is 0.0370. The van der Waals surface area contributed by atoms with Crippen molar-refractivity contribution in [2.45, 2.75) is 6.42 Å². The van der Waals surface area contributed by atoms with Gasteiger partial charge in [0.1, 0.15) is 0 Å². The Morgan fingerprint density at radius 1 is 0.548 bits per heavy atom. The fourth-order valence-corrected chi connectivity index (χ4v) is 6.34. The summed E-state index contributed by atoms with van der Waals surface area (Å²) in [6, 6.07) is 29.5. The molecule has 0 aromatic heterocycles. The second-order valence-corrected chi connectivity index (χ2v) is 9.77. The molecule has 0 fully saturated rings. The van der Waals surface area contributed by atoms with E-state index in [4.69, 9.17) is 0 Å². The van der Waals surface area contributed by atoms with Gasteiger partial charge in [0.05, 0.1) is 0 Å². The van der Waals surface area contributed by atoms with Crippen molar-refractivity contribution in [1.82, 2.24) is 0 Å². The molecule has 1 aliphatic carbocycles. The Morgan fingerprint density at radius 3 is 1.87 bits per heavy atom. The van der Waals surface area contributed by atoms with Crippen LogP contribution in [0.1, 0.15) is 6.42 Å². The number of halogens is 3. The number of benzene rings is 5. The summed E-state index contributed by atoms with van der Waals surface area (Å²) in [7, 11) is 0. The SMILES string of the molecule is C1=CC[C]([Ti][c]2cccc3cc4ccc5cc6ccccc6cc5c4cc23)=C1.Cl.Cl.Cl. The van der Waals surface area contributed by atoms with Crippen LogP contribution < -0.4 is 3.87 Å². The predicted octanol–water partition coefficient (Wildman–Crippen LogP) is 8.12. The topological polar surface area (TPSA) is 0 Å². The maximum absolute atomic E-state index is 2.45. The Morgan fingerprint density at radius 2 is 1.16 bits per heavy atom. The predicted molar refractivity (Wildman–Crippen MR) is 140 cm³/mol. The molecule has 0 N–H and O–H groups in total. The van der Waals surface area contributed by atoms with Gasteiger partial charge in [0, 0.05) is 0 Å². The molecule has 6 rings (SSSR count). The van der Waals surface area contributed by atoms with Gasteiger partial charge < -0.3 is 0 Å². The summed E-state index contributed by atoms with van der Waals surface area (Å²) in [5.41, 5.74) is 0. The maximum Gasteiger partial charge on any atom is -0.147 e. The molecule has 0 unspecified atom stereocenters. The summed E-state index contributed by atoms with van der Waals surface area (Å²) in [5, 5.41) is 10.8. The van der Waals surface area contributed by atoms with Crippen molar-refractivity contribution in [3.8, 4) is 0 Å². The third kappa shape index (κ3) is 4.29. The molecular weight excluding hydrogens is 479 g/mol. The Labute approximate surface area is 209 Å². The zero-order valence-corrected chi connectivity index (χ0v) is 20.7. The van der Waals surface area contributed by atoms with Crippen molar-refractivity contribution >= 4 is 84.2 Å². The molecule has 0 bridgehead atoms. The van der Waals surface area contributed by atoms with Gasteiger partial charge in [-0.1, -0.05) is 0 Å². The minimum atomic E-state index is -0.265. The average molecular weight is 500 g/mol. The molecule has 0 spiro atoms. The number of fused-ring (bicyclic) bond motifs is 5. The molecule has 0 atom stereocenters. The van der Waals surface area contributed by atoms with Crippen molar-refractivity contribution in [3.63, 3.8) is 0 Å². The second-order valence-electron chi connectivity index (χ2n) is 7.54. The van der Waals surface area contributed by atoms with Crippen LogP contribution in [0.2, 0.25) is 0 Å². The van der Waals surface area contributed by atoms with Gasteiger partial charge in [-0.3, -0.25) is 0 Å². The molecule has 5 aromatic rings. The first-order chi connectivity index (χ1) is 13.8. The van der Waals surface area contributed by atoms with Gasteiger partial charge in [-0.2, -0.15) is 0 Å². The number of rotatable bonds is 2. The van der Waals surface area contributed by atoms with Crippen molar-refractivity contribution in [3.05, 3.63) is 101 Å². The minimum absolute atomic E-state index is 0. The van der Waals surface area contributed by atoms with Gasteiger partial charge >= 0.3 is 174 Å². The molecule has 0 aliphatic heterocycles. The van der Waals surface area contributed by atoms with Crippen LogP contribution in [0.25, 0.3) is 43.1 Å². The Hall–Kier alpha value is -1.80. The largest absolute Gasteiger partial charge is 0.147 e. The van der Waals surface area contributed by atoms with Crippen LogP contribution in [-0.4, -0.2) is 0 Å². The van der Waals surface area contributed by atoms with Gasteiger partial charge in [-0.15, -0.1) is 37.2 Å². The Bertz CT molecular complexity index is 1470. The maximum atomic E-state index is 2.45.